The fourth-order valence-corrected chi connectivity index (χ4v) is 2.09. The molecule has 0 bridgehead atoms. The first-order valence-corrected chi connectivity index (χ1v) is 5.62. The van der Waals surface area contributed by atoms with Crippen LogP contribution in [-0.2, 0) is 4.74 Å². The van der Waals surface area contributed by atoms with E-state index in [1.54, 1.807) is 26.8 Å². The highest BCUT2D eigenvalue weighted by Crippen LogP contribution is 2.35. The number of hydrogen-bond donors (Lipinski definition) is 3. The molecule has 0 aromatic heterocycles. The number of rotatable bonds is 8. The SMILES string of the molecule is C=CCOCCC(C(C)O)(C(C)O)C(C)O. The molecule has 0 aliphatic heterocycles. The lowest BCUT2D eigenvalue weighted by Crippen LogP contribution is -2.51. The fourth-order valence-electron chi connectivity index (χ4n) is 2.09. The number of ether oxygens (including phenoxy) is 1. The molecule has 4 nitrogen and oxygen atoms in total. The van der Waals surface area contributed by atoms with E-state index in [9.17, 15) is 15.3 Å². The van der Waals surface area contributed by atoms with Crippen molar-refractivity contribution in [1.29, 1.82) is 0 Å². The van der Waals surface area contributed by atoms with E-state index in [1.165, 1.54) is 0 Å². The molecule has 4 heteroatoms. The summed E-state index contributed by atoms with van der Waals surface area (Å²) in [5, 5.41) is 29.3. The van der Waals surface area contributed by atoms with Gasteiger partial charge in [0, 0.05) is 12.0 Å². The zero-order valence-corrected chi connectivity index (χ0v) is 10.4. The van der Waals surface area contributed by atoms with E-state index in [0.29, 0.717) is 19.6 Å². The van der Waals surface area contributed by atoms with E-state index in [4.69, 9.17) is 4.74 Å². The average Bonchev–Trinajstić information content (AvgIpc) is 2.16. The average molecular weight is 232 g/mol. The minimum atomic E-state index is -0.943. The highest BCUT2D eigenvalue weighted by molar-refractivity contribution is 4.93. The van der Waals surface area contributed by atoms with Crippen LogP contribution in [0.5, 0.6) is 0 Å². The lowest BCUT2D eigenvalue weighted by atomic mass is 9.71. The summed E-state index contributed by atoms with van der Waals surface area (Å²) in [6.07, 6.45) is -0.387. The number of aliphatic hydroxyl groups is 3. The van der Waals surface area contributed by atoms with Crippen molar-refractivity contribution in [2.75, 3.05) is 13.2 Å². The Kier molecular flexibility index (Phi) is 6.83. The first-order chi connectivity index (χ1) is 7.39. The van der Waals surface area contributed by atoms with E-state index in [0.717, 1.165) is 0 Å². The molecule has 0 saturated heterocycles. The van der Waals surface area contributed by atoms with E-state index < -0.39 is 23.7 Å². The Morgan fingerprint density at radius 2 is 1.56 bits per heavy atom. The van der Waals surface area contributed by atoms with Crippen LogP contribution in [0.25, 0.3) is 0 Å². The van der Waals surface area contributed by atoms with E-state index >= 15 is 0 Å². The molecule has 0 saturated carbocycles. The maximum Gasteiger partial charge on any atom is 0.0644 e. The maximum absolute atomic E-state index is 9.76. The quantitative estimate of drug-likeness (QED) is 0.426. The van der Waals surface area contributed by atoms with Crippen molar-refractivity contribution in [3.63, 3.8) is 0 Å². The zero-order valence-electron chi connectivity index (χ0n) is 10.4. The Hall–Kier alpha value is -0.420. The van der Waals surface area contributed by atoms with Gasteiger partial charge in [-0.15, -0.1) is 6.58 Å². The van der Waals surface area contributed by atoms with Crippen LogP contribution in [0.15, 0.2) is 12.7 Å². The Morgan fingerprint density at radius 3 is 1.88 bits per heavy atom. The monoisotopic (exact) mass is 232 g/mol. The summed E-state index contributed by atoms with van der Waals surface area (Å²) < 4.78 is 5.24. The Balaban J connectivity index is 4.57. The zero-order chi connectivity index (χ0) is 12.8. The molecule has 0 aliphatic carbocycles. The normalized spacial score (nSPS) is 20.9. The number of hydrogen-bond acceptors (Lipinski definition) is 4. The smallest absolute Gasteiger partial charge is 0.0644 e. The topological polar surface area (TPSA) is 69.9 Å². The lowest BCUT2D eigenvalue weighted by Gasteiger charge is -2.41. The molecule has 0 rings (SSSR count). The molecule has 0 radical (unpaired) electrons. The highest BCUT2D eigenvalue weighted by Gasteiger charge is 2.44. The second kappa shape index (κ2) is 7.01. The molecule has 3 N–H and O–H groups in total. The second-order valence-corrected chi connectivity index (χ2v) is 4.25. The molecular formula is C12H24O4. The fraction of sp³-hybridized carbons (Fsp3) is 0.833. The molecule has 0 amide bonds. The van der Waals surface area contributed by atoms with Crippen LogP contribution < -0.4 is 0 Å². The maximum atomic E-state index is 9.76. The van der Waals surface area contributed by atoms with Gasteiger partial charge in [-0.3, -0.25) is 0 Å². The van der Waals surface area contributed by atoms with Gasteiger partial charge in [0.15, 0.2) is 0 Å². The Labute approximate surface area is 97.6 Å². The predicted molar refractivity (Wildman–Crippen MR) is 63.1 cm³/mol. The van der Waals surface area contributed by atoms with Crippen LogP contribution in [0.1, 0.15) is 27.2 Å². The third kappa shape index (κ3) is 3.56. The minimum Gasteiger partial charge on any atom is -0.393 e. The molecule has 0 aliphatic rings. The van der Waals surface area contributed by atoms with Gasteiger partial charge in [0.1, 0.15) is 0 Å². The van der Waals surface area contributed by atoms with Gasteiger partial charge in [-0.05, 0) is 27.2 Å². The molecule has 3 unspecified atom stereocenters. The van der Waals surface area contributed by atoms with Gasteiger partial charge >= 0.3 is 0 Å². The molecule has 0 heterocycles. The van der Waals surface area contributed by atoms with Crippen LogP contribution in [0, 0.1) is 5.41 Å². The highest BCUT2D eigenvalue weighted by atomic mass is 16.5. The summed E-state index contributed by atoms with van der Waals surface area (Å²) in [5.74, 6) is 0. The van der Waals surface area contributed by atoms with Gasteiger partial charge in [0.25, 0.3) is 0 Å². The van der Waals surface area contributed by atoms with Gasteiger partial charge in [-0.1, -0.05) is 6.08 Å². The summed E-state index contributed by atoms with van der Waals surface area (Å²) in [6, 6.07) is 0. The van der Waals surface area contributed by atoms with Crippen LogP contribution in [0.3, 0.4) is 0 Å². The van der Waals surface area contributed by atoms with E-state index in [1.807, 2.05) is 0 Å². The summed E-state index contributed by atoms with van der Waals surface area (Å²) in [5.41, 5.74) is -0.943. The predicted octanol–water partition coefficient (Wildman–Crippen LogP) is 0.708. The van der Waals surface area contributed by atoms with Crippen molar-refractivity contribution in [2.45, 2.75) is 45.5 Å². The van der Waals surface area contributed by atoms with Crippen LogP contribution in [0.4, 0.5) is 0 Å². The molecule has 0 aromatic rings. The van der Waals surface area contributed by atoms with Crippen molar-refractivity contribution >= 4 is 0 Å². The van der Waals surface area contributed by atoms with Crippen molar-refractivity contribution in [3.8, 4) is 0 Å². The van der Waals surface area contributed by atoms with Crippen molar-refractivity contribution in [1.82, 2.24) is 0 Å². The summed E-state index contributed by atoms with van der Waals surface area (Å²) in [7, 11) is 0. The standard InChI is InChI=1S/C12H24O4/c1-5-7-16-8-6-12(9(2)13,10(3)14)11(4)15/h5,9-11,13-15H,1,6-8H2,2-4H3. The molecule has 96 valence electrons. The summed E-state index contributed by atoms with van der Waals surface area (Å²) >= 11 is 0. The van der Waals surface area contributed by atoms with Crippen molar-refractivity contribution in [2.24, 2.45) is 5.41 Å². The van der Waals surface area contributed by atoms with Gasteiger partial charge in [0.2, 0.25) is 0 Å². The van der Waals surface area contributed by atoms with Gasteiger partial charge in [-0.2, -0.15) is 0 Å². The molecule has 3 atom stereocenters. The van der Waals surface area contributed by atoms with Gasteiger partial charge in [-0.25, -0.2) is 0 Å². The van der Waals surface area contributed by atoms with Crippen LogP contribution in [0.2, 0.25) is 0 Å². The molecular weight excluding hydrogens is 208 g/mol. The first kappa shape index (κ1) is 15.6. The Bertz CT molecular complexity index is 177. The van der Waals surface area contributed by atoms with E-state index in [-0.39, 0.29) is 0 Å². The van der Waals surface area contributed by atoms with Crippen LogP contribution in [-0.4, -0.2) is 46.8 Å². The third-order valence-electron chi connectivity index (χ3n) is 3.25. The van der Waals surface area contributed by atoms with Gasteiger partial charge in [0.05, 0.1) is 24.9 Å². The Morgan fingerprint density at radius 1 is 1.12 bits per heavy atom. The largest absolute Gasteiger partial charge is 0.393 e. The number of aliphatic hydroxyl groups excluding tert-OH is 3. The lowest BCUT2D eigenvalue weighted by molar-refractivity contribution is -0.133. The molecule has 0 spiro atoms. The van der Waals surface area contributed by atoms with Crippen molar-refractivity contribution < 1.29 is 20.1 Å². The third-order valence-corrected chi connectivity index (χ3v) is 3.25. The molecule has 16 heavy (non-hydrogen) atoms. The minimum absolute atomic E-state index is 0.368. The second-order valence-electron chi connectivity index (χ2n) is 4.25. The molecule has 0 aromatic carbocycles. The van der Waals surface area contributed by atoms with Gasteiger partial charge < -0.3 is 20.1 Å². The summed E-state index contributed by atoms with van der Waals surface area (Å²) in [6.45, 7) is 9.05. The molecule has 0 fully saturated rings. The summed E-state index contributed by atoms with van der Waals surface area (Å²) in [4.78, 5) is 0. The van der Waals surface area contributed by atoms with Crippen LogP contribution >= 0.6 is 0 Å². The van der Waals surface area contributed by atoms with Crippen molar-refractivity contribution in [3.05, 3.63) is 12.7 Å². The van der Waals surface area contributed by atoms with E-state index in [2.05, 4.69) is 6.58 Å². The first-order valence-electron chi connectivity index (χ1n) is 5.62.